The monoisotopic (exact) mass is 511 g/mol. The van der Waals surface area contributed by atoms with Crippen molar-refractivity contribution in [2.45, 2.75) is 40.3 Å². The second-order valence-corrected chi connectivity index (χ2v) is 9.85. The average molecular weight is 512 g/mol. The fourth-order valence-corrected chi connectivity index (χ4v) is 4.70. The van der Waals surface area contributed by atoms with Gasteiger partial charge in [-0.1, -0.05) is 24.3 Å². The molecule has 192 valence electrons. The highest BCUT2D eigenvalue weighted by Gasteiger charge is 2.23. The van der Waals surface area contributed by atoms with Crippen LogP contribution in [-0.4, -0.2) is 48.5 Å². The van der Waals surface area contributed by atoms with Crippen LogP contribution in [0.4, 0.5) is 14.9 Å². The molecule has 0 aliphatic heterocycles. The summed E-state index contributed by atoms with van der Waals surface area (Å²) in [6.45, 7) is 7.48. The number of thiophene rings is 1. The molecule has 0 bridgehead atoms. The van der Waals surface area contributed by atoms with Crippen LogP contribution in [0.25, 0.3) is 0 Å². The molecule has 0 spiro atoms. The lowest BCUT2D eigenvalue weighted by Gasteiger charge is -2.28. The molecule has 6 nitrogen and oxygen atoms in total. The van der Waals surface area contributed by atoms with Gasteiger partial charge in [0.25, 0.3) is 0 Å². The number of nitrogens with one attached hydrogen (secondary N) is 1. The Hall–Kier alpha value is -3.23. The highest BCUT2D eigenvalue weighted by molar-refractivity contribution is 7.10. The van der Waals surface area contributed by atoms with Crippen LogP contribution in [0.2, 0.25) is 0 Å². The normalized spacial score (nSPS) is 10.8. The van der Waals surface area contributed by atoms with Gasteiger partial charge in [0.2, 0.25) is 5.91 Å². The van der Waals surface area contributed by atoms with Gasteiger partial charge < -0.3 is 19.9 Å². The lowest BCUT2D eigenvalue weighted by molar-refractivity contribution is -0.133. The molecule has 1 aromatic heterocycles. The first-order valence-electron chi connectivity index (χ1n) is 11.9. The summed E-state index contributed by atoms with van der Waals surface area (Å²) in [4.78, 5) is 31.2. The van der Waals surface area contributed by atoms with Gasteiger partial charge in [-0.15, -0.1) is 11.3 Å². The largest absolute Gasteiger partial charge is 0.385 e. The average Bonchev–Trinajstić information content (AvgIpc) is 3.26. The first kappa shape index (κ1) is 27.4. The van der Waals surface area contributed by atoms with Crippen LogP contribution < -0.4 is 5.32 Å². The second kappa shape index (κ2) is 13.2. The van der Waals surface area contributed by atoms with Crippen molar-refractivity contribution >= 4 is 29.0 Å². The molecule has 0 saturated carbocycles. The molecule has 0 saturated heterocycles. The number of benzene rings is 2. The van der Waals surface area contributed by atoms with Crippen molar-refractivity contribution < 1.29 is 18.7 Å². The number of hydrogen-bond donors (Lipinski definition) is 1. The summed E-state index contributed by atoms with van der Waals surface area (Å²) >= 11 is 1.59. The van der Waals surface area contributed by atoms with Gasteiger partial charge in [-0.3, -0.25) is 4.79 Å². The summed E-state index contributed by atoms with van der Waals surface area (Å²) in [5.41, 5.74) is 4.72. The fourth-order valence-electron chi connectivity index (χ4n) is 3.78. The number of urea groups is 1. The predicted molar refractivity (Wildman–Crippen MR) is 143 cm³/mol. The Morgan fingerprint density at radius 2 is 1.72 bits per heavy atom. The van der Waals surface area contributed by atoms with Gasteiger partial charge >= 0.3 is 6.03 Å². The molecule has 3 rings (SSSR count). The zero-order valence-electron chi connectivity index (χ0n) is 21.3. The Morgan fingerprint density at radius 3 is 2.39 bits per heavy atom. The van der Waals surface area contributed by atoms with E-state index in [1.807, 2.05) is 50.4 Å². The zero-order chi connectivity index (χ0) is 26.1. The number of aryl methyl sites for hydroxylation is 2. The van der Waals surface area contributed by atoms with E-state index in [1.165, 1.54) is 17.0 Å². The Kier molecular flexibility index (Phi) is 10.0. The molecule has 8 heteroatoms. The lowest BCUT2D eigenvalue weighted by Crippen LogP contribution is -2.44. The van der Waals surface area contributed by atoms with Gasteiger partial charge in [0.15, 0.2) is 0 Å². The van der Waals surface area contributed by atoms with Crippen molar-refractivity contribution in [1.82, 2.24) is 9.80 Å². The summed E-state index contributed by atoms with van der Waals surface area (Å²) in [6, 6.07) is 13.6. The number of hydrogen-bond acceptors (Lipinski definition) is 4. The Morgan fingerprint density at radius 1 is 0.972 bits per heavy atom. The molecule has 36 heavy (non-hydrogen) atoms. The van der Waals surface area contributed by atoms with Gasteiger partial charge in [-0.2, -0.15) is 0 Å². The highest BCUT2D eigenvalue weighted by atomic mass is 32.1. The number of rotatable bonds is 11. The van der Waals surface area contributed by atoms with Crippen molar-refractivity contribution in [2.24, 2.45) is 0 Å². The summed E-state index contributed by atoms with van der Waals surface area (Å²) in [5, 5.41) is 4.97. The topological polar surface area (TPSA) is 61.9 Å². The first-order chi connectivity index (χ1) is 17.3. The van der Waals surface area contributed by atoms with Gasteiger partial charge in [-0.25, -0.2) is 9.18 Å². The Balaban J connectivity index is 1.80. The third-order valence-electron chi connectivity index (χ3n) is 6.18. The van der Waals surface area contributed by atoms with E-state index in [2.05, 4.69) is 5.32 Å². The second-order valence-electron chi connectivity index (χ2n) is 8.85. The molecule has 3 aromatic rings. The van der Waals surface area contributed by atoms with Crippen LogP contribution in [-0.2, 0) is 22.6 Å². The minimum atomic E-state index is -0.331. The third kappa shape index (κ3) is 7.63. The van der Waals surface area contributed by atoms with Crippen LogP contribution in [0.5, 0.6) is 0 Å². The lowest BCUT2D eigenvalue weighted by atomic mass is 10.1. The molecule has 0 fully saturated rings. The molecule has 0 unspecified atom stereocenters. The fraction of sp³-hybridized carbons (Fsp3) is 0.357. The molecule has 0 aliphatic rings. The predicted octanol–water partition coefficient (Wildman–Crippen LogP) is 5.91. The quantitative estimate of drug-likeness (QED) is 0.326. The molecular weight excluding hydrogens is 477 g/mol. The Bertz CT molecular complexity index is 1160. The number of carbonyl (C=O) groups is 2. The van der Waals surface area contributed by atoms with E-state index in [0.717, 1.165) is 32.8 Å². The van der Waals surface area contributed by atoms with E-state index >= 15 is 0 Å². The van der Waals surface area contributed by atoms with E-state index in [1.54, 1.807) is 35.5 Å². The Labute approximate surface area is 216 Å². The van der Waals surface area contributed by atoms with Crippen molar-refractivity contribution in [3.8, 4) is 0 Å². The summed E-state index contributed by atoms with van der Waals surface area (Å²) in [6.07, 6.45) is 0.603. The smallest absolute Gasteiger partial charge is 0.322 e. The van der Waals surface area contributed by atoms with E-state index in [4.69, 9.17) is 4.74 Å². The minimum Gasteiger partial charge on any atom is -0.385 e. The maximum Gasteiger partial charge on any atom is 0.322 e. The third-order valence-corrected chi connectivity index (χ3v) is 7.19. The molecule has 1 heterocycles. The number of amides is 3. The van der Waals surface area contributed by atoms with Crippen LogP contribution in [0.1, 0.15) is 33.6 Å². The van der Waals surface area contributed by atoms with Crippen molar-refractivity contribution in [3.05, 3.63) is 86.9 Å². The minimum absolute atomic E-state index is 0.0774. The van der Waals surface area contributed by atoms with E-state index < -0.39 is 0 Å². The van der Waals surface area contributed by atoms with Gasteiger partial charge in [0.1, 0.15) is 12.4 Å². The van der Waals surface area contributed by atoms with Crippen LogP contribution in [0.15, 0.2) is 53.9 Å². The van der Waals surface area contributed by atoms with Gasteiger partial charge in [-0.05, 0) is 79.1 Å². The highest BCUT2D eigenvalue weighted by Crippen LogP contribution is 2.21. The van der Waals surface area contributed by atoms with Crippen molar-refractivity contribution in [2.75, 3.05) is 32.1 Å². The summed E-state index contributed by atoms with van der Waals surface area (Å²) < 4.78 is 18.6. The van der Waals surface area contributed by atoms with E-state index in [0.29, 0.717) is 32.7 Å². The van der Waals surface area contributed by atoms with Crippen LogP contribution in [0.3, 0.4) is 0 Å². The molecule has 3 amide bonds. The molecule has 0 radical (unpaired) electrons. The van der Waals surface area contributed by atoms with Crippen LogP contribution >= 0.6 is 11.3 Å². The van der Waals surface area contributed by atoms with Gasteiger partial charge in [0, 0.05) is 37.4 Å². The molecule has 1 N–H and O–H groups in total. The van der Waals surface area contributed by atoms with Gasteiger partial charge in [0.05, 0.1) is 6.54 Å². The van der Waals surface area contributed by atoms with Crippen molar-refractivity contribution in [1.29, 1.82) is 0 Å². The maximum absolute atomic E-state index is 13.6. The van der Waals surface area contributed by atoms with Crippen molar-refractivity contribution in [3.63, 3.8) is 0 Å². The number of halogens is 1. The zero-order valence-corrected chi connectivity index (χ0v) is 22.2. The number of ether oxygens (including phenoxy) is 1. The first-order valence-corrected chi connectivity index (χ1v) is 12.8. The van der Waals surface area contributed by atoms with E-state index in [9.17, 15) is 14.0 Å². The van der Waals surface area contributed by atoms with E-state index in [-0.39, 0.29) is 24.3 Å². The SMILES string of the molecule is COCCCN(CC(=O)N(Cc1ccc(F)cc1)Cc1sccc1C)C(=O)Nc1cccc(C)c1C. The number of methoxy groups -OCH3 is 1. The maximum atomic E-state index is 13.6. The molecule has 2 aromatic carbocycles. The van der Waals surface area contributed by atoms with Crippen LogP contribution in [0, 0.1) is 26.6 Å². The standard InChI is InChI=1S/C28H34FN3O3S/c1-20-7-5-8-25(22(20)3)30-28(34)31(14-6-15-35-4)19-27(33)32(18-26-21(2)13-16-36-26)17-23-9-11-24(29)12-10-23/h5,7-13,16H,6,14-15,17-19H2,1-4H3,(H,30,34). The summed E-state index contributed by atoms with van der Waals surface area (Å²) in [7, 11) is 1.61. The number of anilines is 1. The summed E-state index contributed by atoms with van der Waals surface area (Å²) in [5.74, 6) is -0.501. The molecular formula is C28H34FN3O3S. The molecule has 0 atom stereocenters. The number of nitrogens with zero attached hydrogens (tertiary/aromatic N) is 2. The number of carbonyl (C=O) groups excluding carboxylic acids is 2. The molecule has 0 aliphatic carbocycles.